The first-order chi connectivity index (χ1) is 29.3. The number of methoxy groups -OCH3 is 1. The number of benzene rings is 2. The summed E-state index contributed by atoms with van der Waals surface area (Å²) >= 11 is 0. The number of carbonyl (C=O) groups is 4. The average molecular weight is 856 g/mol. The number of allylic oxidation sites excluding steroid dienone is 1. The van der Waals surface area contributed by atoms with Crippen LogP contribution < -0.4 is 24.8 Å². The highest BCUT2D eigenvalue weighted by atomic mass is 32.2. The third-order valence-electron chi connectivity index (χ3n) is 13.2. The van der Waals surface area contributed by atoms with E-state index in [0.29, 0.717) is 71.2 Å². The van der Waals surface area contributed by atoms with Gasteiger partial charge < -0.3 is 34.2 Å². The van der Waals surface area contributed by atoms with Crippen molar-refractivity contribution in [1.82, 2.24) is 25.2 Å². The van der Waals surface area contributed by atoms with E-state index in [1.165, 1.54) is 4.90 Å². The molecule has 61 heavy (non-hydrogen) atoms. The van der Waals surface area contributed by atoms with Gasteiger partial charge in [0.1, 0.15) is 52.2 Å². The number of sulfonamides is 1. The van der Waals surface area contributed by atoms with Crippen LogP contribution in [0.2, 0.25) is 0 Å². The largest absolute Gasteiger partial charge is 0.494 e. The highest BCUT2D eigenvalue weighted by Crippen LogP contribution is 2.47. The van der Waals surface area contributed by atoms with Crippen LogP contribution in [0.3, 0.4) is 0 Å². The zero-order valence-electron chi connectivity index (χ0n) is 34.8. The van der Waals surface area contributed by atoms with Crippen LogP contribution in [-0.2, 0) is 29.1 Å². The molecular weight excluding hydrogens is 803 g/mol. The summed E-state index contributed by atoms with van der Waals surface area (Å²) in [6.07, 6.45) is 9.97. The molecule has 4 amide bonds. The number of aryl methyl sites for hydroxylation is 2. The molecule has 15 nitrogen and oxygen atoms in total. The van der Waals surface area contributed by atoms with Crippen LogP contribution >= 0.6 is 0 Å². The maximum Gasteiger partial charge on any atom is 0.408 e. The molecule has 2 aromatic carbocycles. The second kappa shape index (κ2) is 16.1. The van der Waals surface area contributed by atoms with Gasteiger partial charge in [-0.15, -0.1) is 0 Å². The van der Waals surface area contributed by atoms with E-state index >= 15 is 0 Å². The highest BCUT2D eigenvalue weighted by Gasteiger charge is 2.62. The summed E-state index contributed by atoms with van der Waals surface area (Å²) < 4.78 is 53.1. The molecule has 5 atom stereocenters. The van der Waals surface area contributed by atoms with E-state index in [9.17, 15) is 27.6 Å². The smallest absolute Gasteiger partial charge is 0.408 e. The molecule has 3 N–H and O–H groups in total. The maximum absolute atomic E-state index is 14.8. The Morgan fingerprint density at radius 2 is 1.72 bits per heavy atom. The Morgan fingerprint density at radius 1 is 0.951 bits per heavy atom. The van der Waals surface area contributed by atoms with Gasteiger partial charge >= 0.3 is 6.09 Å². The Labute approximate surface area is 354 Å². The van der Waals surface area contributed by atoms with Crippen molar-refractivity contribution in [3.05, 3.63) is 53.6 Å². The second-order valence-corrected chi connectivity index (χ2v) is 19.5. The van der Waals surface area contributed by atoms with Crippen molar-refractivity contribution in [3.63, 3.8) is 0 Å². The van der Waals surface area contributed by atoms with Gasteiger partial charge in [0.05, 0.1) is 24.3 Å². The van der Waals surface area contributed by atoms with Crippen molar-refractivity contribution in [1.29, 1.82) is 0 Å². The summed E-state index contributed by atoms with van der Waals surface area (Å²) in [6, 6.07) is 7.32. The quantitative estimate of drug-likeness (QED) is 0.172. The van der Waals surface area contributed by atoms with Crippen LogP contribution in [-0.4, -0.2) is 90.9 Å². The molecule has 2 aliphatic heterocycles. The minimum atomic E-state index is -3.92. The van der Waals surface area contributed by atoms with Crippen LogP contribution in [0.4, 0.5) is 4.79 Å². The Bertz CT molecular complexity index is 2560. The Balaban J connectivity index is 1.08. The van der Waals surface area contributed by atoms with E-state index in [1.807, 2.05) is 56.3 Å². The first kappa shape index (κ1) is 41.0. The van der Waals surface area contributed by atoms with E-state index in [4.69, 9.17) is 23.6 Å². The number of rotatable bonds is 8. The number of hydrogen-bond acceptors (Lipinski definition) is 11. The number of ether oxygens (including phenoxy) is 3. The molecule has 0 bridgehead atoms. The lowest BCUT2D eigenvalue weighted by atomic mass is 10.0. The lowest BCUT2D eigenvalue weighted by Gasteiger charge is -2.30. The molecule has 4 aromatic rings. The zero-order chi connectivity index (χ0) is 42.6. The van der Waals surface area contributed by atoms with Gasteiger partial charge in [-0.05, 0) is 113 Å². The minimum absolute atomic E-state index is 0.0170. The van der Waals surface area contributed by atoms with E-state index < -0.39 is 68.7 Å². The highest BCUT2D eigenvalue weighted by molar-refractivity contribution is 7.91. The summed E-state index contributed by atoms with van der Waals surface area (Å²) in [7, 11) is -2.35. The van der Waals surface area contributed by atoms with E-state index in [2.05, 4.69) is 15.4 Å². The van der Waals surface area contributed by atoms with Crippen molar-refractivity contribution < 1.29 is 46.2 Å². The molecule has 0 spiro atoms. The molecule has 0 unspecified atom stereocenters. The third-order valence-corrected chi connectivity index (χ3v) is 15.0. The topological polar surface area (TPSA) is 195 Å². The number of aromatic nitrogens is 1. The second-order valence-electron chi connectivity index (χ2n) is 17.5. The van der Waals surface area contributed by atoms with Crippen molar-refractivity contribution in [3.8, 4) is 11.5 Å². The minimum Gasteiger partial charge on any atom is -0.494 e. The standard InChI is InChI=1S/C45H53N5O10S/c1-25-20-32-36(21-26(25)2)60-40-38(32)47-37-31(15-11-17-35(37)57-3)39(40)58-29-22-34-41(51)48-45(43(53)49-61(55,56)30-18-19-30)23-27(45)12-7-5-4-6-8-16-33(42(52)50(34)24-29)46-44(54)59-28-13-9-10-14-28/h7,11-12,15,17,20-21,27-30,33-34H,4-6,8-10,13-14,16,18-19,22-24H2,1-3H3,(H,46,54)(H,48,51)(H,49,53)/b12-7-/t27-,29+,33-,34-,45+/m0/s1. The number of hydrogen-bond donors (Lipinski definition) is 3. The molecule has 324 valence electrons. The monoisotopic (exact) mass is 855 g/mol. The number of alkyl carbamates (subject to hydrolysis) is 1. The van der Waals surface area contributed by atoms with Gasteiger partial charge in [-0.2, -0.15) is 0 Å². The van der Waals surface area contributed by atoms with Gasteiger partial charge in [-0.3, -0.25) is 19.1 Å². The molecule has 4 heterocycles. The van der Waals surface area contributed by atoms with Gasteiger partial charge in [0.25, 0.3) is 5.91 Å². The van der Waals surface area contributed by atoms with E-state index in [1.54, 1.807) is 7.11 Å². The van der Waals surface area contributed by atoms with Crippen molar-refractivity contribution in [2.75, 3.05) is 13.7 Å². The van der Waals surface area contributed by atoms with Crippen LogP contribution in [0.1, 0.15) is 94.6 Å². The van der Waals surface area contributed by atoms with Crippen LogP contribution in [0.15, 0.2) is 46.9 Å². The number of amides is 4. The predicted molar refractivity (Wildman–Crippen MR) is 227 cm³/mol. The first-order valence-corrected chi connectivity index (χ1v) is 23.2. The summed E-state index contributed by atoms with van der Waals surface area (Å²) in [4.78, 5) is 63.2. The lowest BCUT2D eigenvalue weighted by molar-refractivity contribution is -0.141. The molecule has 5 aliphatic rings. The van der Waals surface area contributed by atoms with Gasteiger partial charge in [0, 0.05) is 17.7 Å². The maximum atomic E-state index is 14.8. The molecule has 3 saturated carbocycles. The molecule has 4 fully saturated rings. The molecule has 2 aromatic heterocycles. The Morgan fingerprint density at radius 3 is 2.49 bits per heavy atom. The summed E-state index contributed by atoms with van der Waals surface area (Å²) in [6.45, 7) is 3.98. The molecule has 16 heteroatoms. The fourth-order valence-electron chi connectivity index (χ4n) is 9.29. The number of fused-ring (bicyclic) bond motifs is 6. The summed E-state index contributed by atoms with van der Waals surface area (Å²) in [5.74, 6) is -1.45. The molecule has 3 aliphatic carbocycles. The van der Waals surface area contributed by atoms with Gasteiger partial charge in [0.15, 0.2) is 11.3 Å². The third kappa shape index (κ3) is 7.99. The van der Waals surface area contributed by atoms with Gasteiger partial charge in [0.2, 0.25) is 21.8 Å². The van der Waals surface area contributed by atoms with Crippen molar-refractivity contribution >= 4 is 66.8 Å². The Hall–Kier alpha value is -5.38. The summed E-state index contributed by atoms with van der Waals surface area (Å²) in [5.41, 5.74) is 2.71. The normalized spacial score (nSPS) is 26.8. The molecule has 0 radical (unpaired) electrons. The SMILES string of the molecule is COc1cccc2c(O[C@@H]3C[C@H]4C(=O)N[C@]5(C(=O)NS(=O)(=O)C6CC6)C[C@@H]5/C=C\CCCCC[C@H](NC(=O)OC5CCCC5)C(=O)N4C3)c3oc4cc(C)c(C)cc4c3nc12. The Kier molecular flexibility index (Phi) is 10.9. The zero-order valence-corrected chi connectivity index (χ0v) is 35.6. The number of nitrogens with zero attached hydrogens (tertiary/aromatic N) is 2. The number of nitrogens with one attached hydrogen (secondary N) is 3. The molecule has 1 saturated heterocycles. The number of carbonyl (C=O) groups excluding carboxylic acids is 4. The lowest BCUT2D eigenvalue weighted by Crippen LogP contribution is -2.58. The van der Waals surface area contributed by atoms with Crippen molar-refractivity contribution in [2.24, 2.45) is 5.92 Å². The van der Waals surface area contributed by atoms with E-state index in [-0.39, 0.29) is 25.5 Å². The molecule has 9 rings (SSSR count). The number of para-hydroxylation sites is 1. The van der Waals surface area contributed by atoms with Gasteiger partial charge in [-0.1, -0.05) is 31.1 Å². The average Bonchev–Trinajstić information content (AvgIpc) is 4.05. The van der Waals surface area contributed by atoms with E-state index in [0.717, 1.165) is 55.0 Å². The predicted octanol–water partition coefficient (Wildman–Crippen LogP) is 6.15. The van der Waals surface area contributed by atoms with Crippen LogP contribution in [0, 0.1) is 19.8 Å². The van der Waals surface area contributed by atoms with Crippen molar-refractivity contribution in [2.45, 2.75) is 132 Å². The van der Waals surface area contributed by atoms with Gasteiger partial charge in [-0.25, -0.2) is 18.2 Å². The van der Waals surface area contributed by atoms with Crippen LogP contribution in [0.25, 0.3) is 33.0 Å². The summed E-state index contributed by atoms with van der Waals surface area (Å²) in [5, 5.41) is 6.53. The van der Waals surface area contributed by atoms with Crippen LogP contribution in [0.5, 0.6) is 11.5 Å². The molecular formula is C45H53N5O10S. The number of pyridine rings is 1. The first-order valence-electron chi connectivity index (χ1n) is 21.6. The fraction of sp³-hybridized carbons (Fsp3) is 0.533. The number of furan rings is 1. The fourth-order valence-corrected chi connectivity index (χ4v) is 10.7.